The van der Waals surface area contributed by atoms with E-state index in [1.54, 1.807) is 24.3 Å². The summed E-state index contributed by atoms with van der Waals surface area (Å²) in [5, 5.41) is 16.7. The zero-order chi connectivity index (χ0) is 31.2. The Hall–Kier alpha value is -4.21. The third-order valence-corrected chi connectivity index (χ3v) is 9.52. The fraction of sp³-hybridized carbons (Fsp3) is 0.400. The van der Waals surface area contributed by atoms with Crippen molar-refractivity contribution in [1.29, 1.82) is 0 Å². The van der Waals surface area contributed by atoms with Crippen molar-refractivity contribution >= 4 is 29.1 Å². The number of carbonyl (C=O) groups is 3. The van der Waals surface area contributed by atoms with Crippen LogP contribution in [0, 0.1) is 25.7 Å². The number of fused-ring (bicyclic) bond motifs is 1. The van der Waals surface area contributed by atoms with Crippen LogP contribution in [0.3, 0.4) is 0 Å². The first-order chi connectivity index (χ1) is 21.1. The molecule has 230 valence electrons. The molecule has 0 radical (unpaired) electrons. The van der Waals surface area contributed by atoms with Crippen LogP contribution in [-0.4, -0.2) is 58.2 Å². The summed E-state index contributed by atoms with van der Waals surface area (Å²) in [5.41, 5.74) is 1.59. The molecule has 2 bridgehead atoms. The molecule has 3 aliphatic rings. The van der Waals surface area contributed by atoms with Gasteiger partial charge in [-0.3, -0.25) is 14.4 Å². The standard InChI is InChI=1S/C35H39N3O6/c1-5-43-25-15-13-24(14-16-25)36-31(40)28-29-33(42)38(27(20-39)23-9-7-6-8-10-23)30(35(29)18-17-34(28,4)44-35)32(41)37-26-19-21(2)11-12-22(26)3/h6-16,19,27-30,39H,5,17-18,20H2,1-4H3,(H,36,40)(H,37,41)/t27-,28+,29+,30?,34-,35?/m1/s1. The van der Waals surface area contributed by atoms with Gasteiger partial charge >= 0.3 is 0 Å². The van der Waals surface area contributed by atoms with E-state index in [0.29, 0.717) is 42.1 Å². The van der Waals surface area contributed by atoms with Crippen molar-refractivity contribution in [2.24, 2.45) is 11.8 Å². The molecule has 3 fully saturated rings. The Bertz CT molecular complexity index is 1580. The number of anilines is 2. The van der Waals surface area contributed by atoms with Crippen LogP contribution in [0.2, 0.25) is 0 Å². The van der Waals surface area contributed by atoms with Gasteiger partial charge in [-0.1, -0.05) is 42.5 Å². The summed E-state index contributed by atoms with van der Waals surface area (Å²) in [7, 11) is 0. The zero-order valence-corrected chi connectivity index (χ0v) is 25.5. The van der Waals surface area contributed by atoms with Crippen LogP contribution < -0.4 is 15.4 Å². The predicted octanol–water partition coefficient (Wildman–Crippen LogP) is 4.78. The average Bonchev–Trinajstić information content (AvgIpc) is 3.58. The highest BCUT2D eigenvalue weighted by Crippen LogP contribution is 2.64. The van der Waals surface area contributed by atoms with Crippen molar-refractivity contribution in [3.8, 4) is 5.75 Å². The maximum atomic E-state index is 14.6. The topological polar surface area (TPSA) is 117 Å². The summed E-state index contributed by atoms with van der Waals surface area (Å²) in [6.07, 6.45) is 0.940. The van der Waals surface area contributed by atoms with Crippen molar-refractivity contribution in [2.45, 2.75) is 63.8 Å². The van der Waals surface area contributed by atoms with Crippen LogP contribution >= 0.6 is 0 Å². The smallest absolute Gasteiger partial charge is 0.250 e. The molecule has 3 saturated heterocycles. The number of hydrogen-bond acceptors (Lipinski definition) is 6. The molecule has 3 aliphatic heterocycles. The number of hydrogen-bond donors (Lipinski definition) is 3. The number of nitrogens with zero attached hydrogens (tertiary/aromatic N) is 1. The third-order valence-electron chi connectivity index (χ3n) is 9.52. The molecule has 9 nitrogen and oxygen atoms in total. The van der Waals surface area contributed by atoms with Gasteiger partial charge in [-0.05, 0) is 87.6 Å². The fourth-order valence-corrected chi connectivity index (χ4v) is 7.52. The largest absolute Gasteiger partial charge is 0.494 e. The van der Waals surface area contributed by atoms with Gasteiger partial charge in [0, 0.05) is 11.4 Å². The first-order valence-electron chi connectivity index (χ1n) is 15.2. The van der Waals surface area contributed by atoms with Crippen LogP contribution in [0.25, 0.3) is 0 Å². The Morgan fingerprint density at radius 3 is 2.43 bits per heavy atom. The lowest BCUT2D eigenvalue weighted by Crippen LogP contribution is -2.54. The van der Waals surface area contributed by atoms with Gasteiger partial charge in [-0.15, -0.1) is 0 Å². The zero-order valence-electron chi connectivity index (χ0n) is 25.5. The predicted molar refractivity (Wildman–Crippen MR) is 166 cm³/mol. The van der Waals surface area contributed by atoms with E-state index in [0.717, 1.165) is 11.1 Å². The average molecular weight is 598 g/mol. The van der Waals surface area contributed by atoms with Crippen LogP contribution in [0.1, 0.15) is 49.4 Å². The lowest BCUT2D eigenvalue weighted by molar-refractivity contribution is -0.147. The number of aliphatic hydroxyl groups is 1. The minimum atomic E-state index is -1.24. The van der Waals surface area contributed by atoms with Crippen LogP contribution in [0.5, 0.6) is 5.75 Å². The second-order valence-corrected chi connectivity index (χ2v) is 12.3. The first kappa shape index (κ1) is 29.8. The molecule has 3 heterocycles. The van der Waals surface area contributed by atoms with Crippen molar-refractivity contribution in [3.05, 3.63) is 89.5 Å². The summed E-state index contributed by atoms with van der Waals surface area (Å²) in [4.78, 5) is 44.5. The number of carbonyl (C=O) groups excluding carboxylic acids is 3. The highest BCUT2D eigenvalue weighted by Gasteiger charge is 2.78. The van der Waals surface area contributed by atoms with Crippen molar-refractivity contribution in [2.75, 3.05) is 23.8 Å². The number of ether oxygens (including phenoxy) is 2. The van der Waals surface area contributed by atoms with Gasteiger partial charge in [0.15, 0.2) is 0 Å². The number of nitrogens with one attached hydrogen (secondary N) is 2. The number of rotatable bonds is 9. The number of likely N-dealkylation sites (tertiary alicyclic amines) is 1. The Morgan fingerprint density at radius 1 is 1.02 bits per heavy atom. The third kappa shape index (κ3) is 4.84. The molecule has 3 aromatic carbocycles. The summed E-state index contributed by atoms with van der Waals surface area (Å²) in [6, 6.07) is 20.2. The molecule has 9 heteroatoms. The highest BCUT2D eigenvalue weighted by molar-refractivity contribution is 6.05. The van der Waals surface area contributed by atoms with E-state index < -0.39 is 47.6 Å². The van der Waals surface area contributed by atoms with Gasteiger partial charge in [0.1, 0.15) is 17.4 Å². The van der Waals surface area contributed by atoms with Crippen LogP contribution in [0.4, 0.5) is 11.4 Å². The number of benzene rings is 3. The summed E-state index contributed by atoms with van der Waals surface area (Å²) < 4.78 is 12.3. The molecule has 44 heavy (non-hydrogen) atoms. The van der Waals surface area contributed by atoms with E-state index in [4.69, 9.17) is 9.47 Å². The normalized spacial score (nSPS) is 27.6. The van der Waals surface area contributed by atoms with Gasteiger partial charge in [-0.25, -0.2) is 0 Å². The van der Waals surface area contributed by atoms with Crippen molar-refractivity contribution < 1.29 is 29.0 Å². The van der Waals surface area contributed by atoms with Gasteiger partial charge in [0.2, 0.25) is 17.7 Å². The van der Waals surface area contributed by atoms with E-state index in [9.17, 15) is 19.5 Å². The molecule has 2 unspecified atom stereocenters. The minimum Gasteiger partial charge on any atom is -0.494 e. The minimum absolute atomic E-state index is 0.340. The number of aryl methyl sites for hydroxylation is 2. The van der Waals surface area contributed by atoms with E-state index in [-0.39, 0.29) is 11.8 Å². The number of aliphatic hydroxyl groups excluding tert-OH is 1. The van der Waals surface area contributed by atoms with Crippen molar-refractivity contribution in [1.82, 2.24) is 4.90 Å². The second kappa shape index (κ2) is 11.4. The molecule has 0 aliphatic carbocycles. The molecule has 3 N–H and O–H groups in total. The Labute approximate surface area is 257 Å². The monoisotopic (exact) mass is 597 g/mol. The summed E-state index contributed by atoms with van der Waals surface area (Å²) in [5.74, 6) is -2.17. The lowest BCUT2D eigenvalue weighted by Gasteiger charge is -2.37. The molecular formula is C35H39N3O6. The molecule has 1 spiro atoms. The van der Waals surface area contributed by atoms with Gasteiger partial charge in [0.25, 0.3) is 0 Å². The SMILES string of the molecule is CCOc1ccc(NC(=O)[C@@H]2[C@H]3C(=O)N([C@H](CO)c4ccccc4)C(C(=O)Nc4cc(C)ccc4C)C34CC[C@@]2(C)O4)cc1. The fourth-order valence-electron chi connectivity index (χ4n) is 7.52. The van der Waals surface area contributed by atoms with E-state index >= 15 is 0 Å². The molecule has 6 rings (SSSR count). The Morgan fingerprint density at radius 2 is 1.75 bits per heavy atom. The van der Waals surface area contributed by atoms with Gasteiger partial charge in [-0.2, -0.15) is 0 Å². The molecular weight excluding hydrogens is 558 g/mol. The Kier molecular flexibility index (Phi) is 7.71. The molecule has 3 amide bonds. The molecule has 0 aromatic heterocycles. The maximum Gasteiger partial charge on any atom is 0.250 e. The molecule has 3 aromatic rings. The first-order valence-corrected chi connectivity index (χ1v) is 15.2. The van der Waals surface area contributed by atoms with Gasteiger partial charge in [0.05, 0.1) is 36.7 Å². The van der Waals surface area contributed by atoms with E-state index in [1.165, 1.54) is 4.90 Å². The van der Waals surface area contributed by atoms with Crippen LogP contribution in [0.15, 0.2) is 72.8 Å². The van der Waals surface area contributed by atoms with Gasteiger partial charge < -0.3 is 30.1 Å². The van der Waals surface area contributed by atoms with Crippen LogP contribution in [-0.2, 0) is 19.1 Å². The van der Waals surface area contributed by atoms with Crippen molar-refractivity contribution in [3.63, 3.8) is 0 Å². The number of amides is 3. The summed E-state index contributed by atoms with van der Waals surface area (Å²) >= 11 is 0. The second-order valence-electron chi connectivity index (χ2n) is 12.3. The maximum absolute atomic E-state index is 14.6. The highest BCUT2D eigenvalue weighted by atomic mass is 16.5. The molecule has 0 saturated carbocycles. The van der Waals surface area contributed by atoms with E-state index in [1.807, 2.05) is 76.2 Å². The Balaban J connectivity index is 1.39. The molecule has 6 atom stereocenters. The quantitative estimate of drug-likeness (QED) is 0.327. The van der Waals surface area contributed by atoms with E-state index in [2.05, 4.69) is 10.6 Å². The summed E-state index contributed by atoms with van der Waals surface area (Å²) in [6.45, 7) is 7.75. The lowest BCUT2D eigenvalue weighted by atomic mass is 9.66.